The maximum Gasteiger partial charge on any atom is 0.226 e. The molecule has 0 bridgehead atoms. The summed E-state index contributed by atoms with van der Waals surface area (Å²) in [6, 6.07) is 8.36. The molecule has 128 valence electrons. The van der Waals surface area contributed by atoms with Gasteiger partial charge in [0, 0.05) is 18.0 Å². The lowest BCUT2D eigenvalue weighted by Gasteiger charge is -2.10. The van der Waals surface area contributed by atoms with Gasteiger partial charge in [0.1, 0.15) is 17.4 Å². The third-order valence-corrected chi connectivity index (χ3v) is 4.90. The molecule has 1 aromatic carbocycles. The number of aryl methyl sites for hydroxylation is 1. The molecule has 0 radical (unpaired) electrons. The van der Waals surface area contributed by atoms with Crippen molar-refractivity contribution in [2.75, 3.05) is 13.1 Å². The van der Waals surface area contributed by atoms with Crippen molar-refractivity contribution in [3.05, 3.63) is 45.9 Å². The van der Waals surface area contributed by atoms with Crippen LogP contribution in [0.25, 0.3) is 0 Å². The smallest absolute Gasteiger partial charge is 0.226 e. The summed E-state index contributed by atoms with van der Waals surface area (Å²) < 4.78 is 5.72. The fraction of sp³-hybridized carbons (Fsp3) is 0.444. The number of nitrogens with one attached hydrogen (secondary N) is 2. The van der Waals surface area contributed by atoms with Crippen LogP contribution in [0.3, 0.4) is 0 Å². The normalized spacial score (nSPS) is 17.0. The second-order valence-corrected chi connectivity index (χ2v) is 7.05. The Morgan fingerprint density at radius 3 is 3.00 bits per heavy atom. The molecule has 0 saturated carbocycles. The summed E-state index contributed by atoms with van der Waals surface area (Å²) in [6.45, 7) is 4.23. The Labute approximate surface area is 146 Å². The number of carbonyl (C=O) groups is 1. The summed E-state index contributed by atoms with van der Waals surface area (Å²) in [4.78, 5) is 16.5. The van der Waals surface area contributed by atoms with Gasteiger partial charge in [0.25, 0.3) is 0 Å². The summed E-state index contributed by atoms with van der Waals surface area (Å²) >= 11 is 1.53. The molecule has 1 amide bonds. The van der Waals surface area contributed by atoms with Crippen LogP contribution >= 0.6 is 11.3 Å². The van der Waals surface area contributed by atoms with Crippen molar-refractivity contribution in [1.82, 2.24) is 15.6 Å². The topological polar surface area (TPSA) is 63.2 Å². The first kappa shape index (κ1) is 16.9. The SMILES string of the molecule is Cc1ccc(OCc2nc(CC(=O)NCC3CCCN3)cs2)cc1. The Bertz CT molecular complexity index is 663. The molecule has 0 spiro atoms. The molecular formula is C18H23N3O2S. The van der Waals surface area contributed by atoms with Gasteiger partial charge in [0.2, 0.25) is 5.91 Å². The van der Waals surface area contributed by atoms with Gasteiger partial charge in [-0.15, -0.1) is 11.3 Å². The number of hydrogen-bond donors (Lipinski definition) is 2. The maximum atomic E-state index is 12.0. The van der Waals surface area contributed by atoms with Gasteiger partial charge in [0.05, 0.1) is 12.1 Å². The second kappa shape index (κ2) is 8.26. The standard InChI is InChI=1S/C18H23N3O2S/c1-13-4-6-16(7-5-13)23-11-18-21-15(12-24-18)9-17(22)20-10-14-3-2-8-19-14/h4-7,12,14,19H,2-3,8-11H2,1H3,(H,20,22). The lowest BCUT2D eigenvalue weighted by atomic mass is 10.2. The second-order valence-electron chi connectivity index (χ2n) is 6.11. The number of aromatic nitrogens is 1. The van der Waals surface area contributed by atoms with E-state index in [1.165, 1.54) is 23.3 Å². The summed E-state index contributed by atoms with van der Waals surface area (Å²) in [5.41, 5.74) is 2.01. The Balaban J connectivity index is 1.42. The van der Waals surface area contributed by atoms with Crippen LogP contribution in [0.15, 0.2) is 29.6 Å². The number of benzene rings is 1. The molecular weight excluding hydrogens is 322 g/mol. The quantitative estimate of drug-likeness (QED) is 0.809. The number of nitrogens with zero attached hydrogens (tertiary/aromatic N) is 1. The van der Waals surface area contributed by atoms with Gasteiger partial charge in [0.15, 0.2) is 0 Å². The first-order chi connectivity index (χ1) is 11.7. The minimum atomic E-state index is 0.0278. The molecule has 24 heavy (non-hydrogen) atoms. The fourth-order valence-electron chi connectivity index (χ4n) is 2.67. The molecule has 6 heteroatoms. The molecule has 1 aromatic heterocycles. The first-order valence-electron chi connectivity index (χ1n) is 8.32. The zero-order chi connectivity index (χ0) is 16.8. The summed E-state index contributed by atoms with van der Waals surface area (Å²) in [7, 11) is 0. The van der Waals surface area contributed by atoms with E-state index in [1.807, 2.05) is 36.6 Å². The first-order valence-corrected chi connectivity index (χ1v) is 9.20. The summed E-state index contributed by atoms with van der Waals surface area (Å²) in [6.07, 6.45) is 2.65. The van der Waals surface area contributed by atoms with Crippen LogP contribution in [0.5, 0.6) is 5.75 Å². The van der Waals surface area contributed by atoms with Gasteiger partial charge in [-0.25, -0.2) is 4.98 Å². The van der Waals surface area contributed by atoms with E-state index in [9.17, 15) is 4.79 Å². The van der Waals surface area contributed by atoms with Crippen molar-refractivity contribution in [1.29, 1.82) is 0 Å². The molecule has 1 unspecified atom stereocenters. The molecule has 1 aliphatic heterocycles. The number of carbonyl (C=O) groups excluding carboxylic acids is 1. The monoisotopic (exact) mass is 345 g/mol. The highest BCUT2D eigenvalue weighted by atomic mass is 32.1. The van der Waals surface area contributed by atoms with Gasteiger partial charge in [-0.2, -0.15) is 0 Å². The highest BCUT2D eigenvalue weighted by Gasteiger charge is 2.15. The van der Waals surface area contributed by atoms with Crippen molar-refractivity contribution in [3.8, 4) is 5.75 Å². The minimum absolute atomic E-state index is 0.0278. The van der Waals surface area contributed by atoms with Crippen molar-refractivity contribution in [2.24, 2.45) is 0 Å². The molecule has 2 aromatic rings. The van der Waals surface area contributed by atoms with Gasteiger partial charge < -0.3 is 15.4 Å². The van der Waals surface area contributed by atoms with Gasteiger partial charge >= 0.3 is 0 Å². The molecule has 1 aliphatic rings. The zero-order valence-electron chi connectivity index (χ0n) is 13.9. The average Bonchev–Trinajstić information content (AvgIpc) is 3.24. The highest BCUT2D eigenvalue weighted by molar-refractivity contribution is 7.09. The highest BCUT2D eigenvalue weighted by Crippen LogP contribution is 2.16. The molecule has 1 saturated heterocycles. The van der Waals surface area contributed by atoms with E-state index in [1.54, 1.807) is 0 Å². The number of thiazole rings is 1. The third kappa shape index (κ3) is 5.04. The Morgan fingerprint density at radius 2 is 2.25 bits per heavy atom. The number of rotatable bonds is 7. The molecule has 3 rings (SSSR count). The summed E-state index contributed by atoms with van der Waals surface area (Å²) in [5, 5.41) is 9.17. The van der Waals surface area contributed by atoms with Crippen molar-refractivity contribution >= 4 is 17.2 Å². The summed E-state index contributed by atoms with van der Waals surface area (Å²) in [5.74, 6) is 0.860. The van der Waals surface area contributed by atoms with Crippen LogP contribution < -0.4 is 15.4 Å². The average molecular weight is 345 g/mol. The Kier molecular flexibility index (Phi) is 5.82. The van der Waals surface area contributed by atoms with E-state index in [4.69, 9.17) is 4.74 Å². The van der Waals surface area contributed by atoms with Crippen molar-refractivity contribution in [3.63, 3.8) is 0 Å². The van der Waals surface area contributed by atoms with Crippen LogP contribution in [0.1, 0.15) is 29.1 Å². The molecule has 0 aliphatic carbocycles. The van der Waals surface area contributed by atoms with Crippen molar-refractivity contribution in [2.45, 2.75) is 38.8 Å². The molecule has 1 atom stereocenters. The van der Waals surface area contributed by atoms with Crippen LogP contribution in [0.2, 0.25) is 0 Å². The van der Waals surface area contributed by atoms with E-state index < -0.39 is 0 Å². The number of ether oxygens (including phenoxy) is 1. The van der Waals surface area contributed by atoms with Crippen LogP contribution in [-0.4, -0.2) is 30.0 Å². The lowest BCUT2D eigenvalue weighted by molar-refractivity contribution is -0.120. The number of amides is 1. The predicted molar refractivity (Wildman–Crippen MR) is 95.4 cm³/mol. The van der Waals surface area contributed by atoms with E-state index in [2.05, 4.69) is 15.6 Å². The van der Waals surface area contributed by atoms with Gasteiger partial charge in [-0.05, 0) is 38.4 Å². The minimum Gasteiger partial charge on any atom is -0.486 e. The lowest BCUT2D eigenvalue weighted by Crippen LogP contribution is -2.37. The van der Waals surface area contributed by atoms with Crippen LogP contribution in [-0.2, 0) is 17.8 Å². The molecule has 5 nitrogen and oxygen atoms in total. The van der Waals surface area contributed by atoms with Crippen LogP contribution in [0.4, 0.5) is 0 Å². The largest absolute Gasteiger partial charge is 0.486 e. The van der Waals surface area contributed by atoms with Crippen molar-refractivity contribution < 1.29 is 9.53 Å². The van der Waals surface area contributed by atoms with Crippen LogP contribution in [0, 0.1) is 6.92 Å². The Morgan fingerprint density at radius 1 is 1.42 bits per heavy atom. The number of hydrogen-bond acceptors (Lipinski definition) is 5. The third-order valence-electron chi connectivity index (χ3n) is 4.03. The van der Waals surface area contributed by atoms with E-state index in [-0.39, 0.29) is 5.91 Å². The Hall–Kier alpha value is -1.92. The van der Waals surface area contributed by atoms with Gasteiger partial charge in [-0.1, -0.05) is 17.7 Å². The predicted octanol–water partition coefficient (Wildman–Crippen LogP) is 2.44. The van der Waals surface area contributed by atoms with E-state index in [0.717, 1.165) is 29.4 Å². The molecule has 2 N–H and O–H groups in total. The fourth-order valence-corrected chi connectivity index (χ4v) is 3.38. The van der Waals surface area contributed by atoms with Gasteiger partial charge in [-0.3, -0.25) is 4.79 Å². The maximum absolute atomic E-state index is 12.0. The zero-order valence-corrected chi connectivity index (χ0v) is 14.7. The molecule has 2 heterocycles. The van der Waals surface area contributed by atoms with E-state index >= 15 is 0 Å². The molecule has 1 fully saturated rings. The van der Waals surface area contributed by atoms with E-state index in [0.29, 0.717) is 25.6 Å².